The zero-order valence-corrected chi connectivity index (χ0v) is 16.3. The van der Waals surface area contributed by atoms with Crippen LogP contribution in [0, 0.1) is 0 Å². The van der Waals surface area contributed by atoms with Crippen LogP contribution in [0.25, 0.3) is 0 Å². The van der Waals surface area contributed by atoms with Crippen molar-refractivity contribution in [3.05, 3.63) is 64.2 Å². The molecule has 0 saturated heterocycles. The van der Waals surface area contributed by atoms with E-state index in [1.165, 1.54) is 5.56 Å². The summed E-state index contributed by atoms with van der Waals surface area (Å²) >= 11 is 0. The quantitative estimate of drug-likeness (QED) is 0.889. The van der Waals surface area contributed by atoms with E-state index in [0.29, 0.717) is 0 Å². The van der Waals surface area contributed by atoms with Gasteiger partial charge in [0.2, 0.25) is 0 Å². The van der Waals surface area contributed by atoms with E-state index < -0.39 is 5.97 Å². The number of benzene rings is 2. The Hall–Kier alpha value is -2.62. The summed E-state index contributed by atoms with van der Waals surface area (Å²) < 4.78 is 6.21. The van der Waals surface area contributed by atoms with Crippen molar-refractivity contribution >= 4 is 11.7 Å². The largest absolute Gasteiger partial charge is 0.487 e. The fraction of sp³-hybridized carbons (Fsp3) is 0.391. The van der Waals surface area contributed by atoms with E-state index in [9.17, 15) is 9.90 Å². The lowest BCUT2D eigenvalue weighted by Gasteiger charge is -2.31. The van der Waals surface area contributed by atoms with Gasteiger partial charge in [-0.05, 0) is 39.7 Å². The van der Waals surface area contributed by atoms with Crippen LogP contribution >= 0.6 is 0 Å². The number of carboxylic acids is 1. The highest BCUT2D eigenvalue weighted by molar-refractivity contribution is 6.16. The molecule has 0 unspecified atom stereocenters. The van der Waals surface area contributed by atoms with Gasteiger partial charge in [0.15, 0.2) is 0 Å². The summed E-state index contributed by atoms with van der Waals surface area (Å²) in [6.07, 6.45) is 1.52. The van der Waals surface area contributed by atoms with E-state index in [4.69, 9.17) is 9.73 Å². The summed E-state index contributed by atoms with van der Waals surface area (Å²) in [5, 5.41) is 9.39. The van der Waals surface area contributed by atoms with Crippen molar-refractivity contribution in [2.24, 2.45) is 4.99 Å². The number of aliphatic carboxylic acids is 1. The van der Waals surface area contributed by atoms with E-state index in [0.717, 1.165) is 46.6 Å². The van der Waals surface area contributed by atoms with Gasteiger partial charge in [0, 0.05) is 28.7 Å². The lowest BCUT2D eigenvalue weighted by molar-refractivity contribution is -0.136. The van der Waals surface area contributed by atoms with Gasteiger partial charge in [-0.15, -0.1) is 0 Å². The van der Waals surface area contributed by atoms with Crippen molar-refractivity contribution in [2.45, 2.75) is 58.1 Å². The van der Waals surface area contributed by atoms with Gasteiger partial charge in [0.05, 0.1) is 17.7 Å². The molecule has 27 heavy (non-hydrogen) atoms. The summed E-state index contributed by atoms with van der Waals surface area (Å²) in [4.78, 5) is 16.5. The van der Waals surface area contributed by atoms with Crippen LogP contribution in [0.5, 0.6) is 5.75 Å². The van der Waals surface area contributed by atoms with Gasteiger partial charge < -0.3 is 9.84 Å². The van der Waals surface area contributed by atoms with E-state index >= 15 is 0 Å². The SMILES string of the molecule is CC1(C)Cc2cc(CC(=O)O)c3c(c2C(c2ccccc2)=N1)CC(C)(C)O3. The minimum atomic E-state index is -0.836. The molecule has 4 rings (SSSR count). The molecule has 2 aromatic carbocycles. The molecule has 0 aliphatic carbocycles. The third kappa shape index (κ3) is 3.25. The van der Waals surface area contributed by atoms with Crippen molar-refractivity contribution in [2.75, 3.05) is 0 Å². The van der Waals surface area contributed by atoms with Crippen LogP contribution in [-0.2, 0) is 24.1 Å². The van der Waals surface area contributed by atoms with Gasteiger partial charge in [-0.3, -0.25) is 9.79 Å². The number of hydrogen-bond acceptors (Lipinski definition) is 3. The second kappa shape index (κ2) is 5.95. The number of rotatable bonds is 3. The minimum absolute atomic E-state index is 0.0239. The van der Waals surface area contributed by atoms with Gasteiger partial charge >= 0.3 is 5.97 Å². The van der Waals surface area contributed by atoms with Gasteiger partial charge in [0.1, 0.15) is 11.4 Å². The summed E-state index contributed by atoms with van der Waals surface area (Å²) in [6.45, 7) is 8.36. The van der Waals surface area contributed by atoms with E-state index in [2.05, 4.69) is 39.8 Å². The Labute approximate surface area is 159 Å². The first kappa shape index (κ1) is 17.8. The molecule has 2 aliphatic heterocycles. The van der Waals surface area contributed by atoms with Crippen molar-refractivity contribution in [1.29, 1.82) is 0 Å². The second-order valence-corrected chi connectivity index (χ2v) is 8.80. The standard InChI is InChI=1S/C23H25NO3/c1-22(2)12-16-10-15(11-18(25)26)21-17(13-23(3,4)27-21)19(16)20(24-22)14-8-6-5-7-9-14/h5-10H,11-13H2,1-4H3,(H,25,26). The van der Waals surface area contributed by atoms with Crippen LogP contribution in [0.3, 0.4) is 0 Å². The summed E-state index contributed by atoms with van der Waals surface area (Å²) in [7, 11) is 0. The van der Waals surface area contributed by atoms with Crippen molar-refractivity contribution in [3.63, 3.8) is 0 Å². The van der Waals surface area contributed by atoms with Crippen LogP contribution in [0.1, 0.15) is 55.5 Å². The molecule has 0 fully saturated rings. The molecule has 4 nitrogen and oxygen atoms in total. The molecule has 140 valence electrons. The number of carbonyl (C=O) groups is 1. The maximum Gasteiger partial charge on any atom is 0.307 e. The Morgan fingerprint density at radius 2 is 1.85 bits per heavy atom. The summed E-state index contributed by atoms with van der Waals surface area (Å²) in [6, 6.07) is 12.3. The Bertz CT molecular complexity index is 955. The Balaban J connectivity index is 1.98. The molecule has 0 bridgehead atoms. The second-order valence-electron chi connectivity index (χ2n) is 8.80. The van der Waals surface area contributed by atoms with Gasteiger partial charge in [-0.25, -0.2) is 0 Å². The lowest BCUT2D eigenvalue weighted by atomic mass is 9.80. The molecule has 0 aromatic heterocycles. The third-order valence-corrected chi connectivity index (χ3v) is 5.18. The molecule has 0 amide bonds. The Morgan fingerprint density at radius 3 is 2.52 bits per heavy atom. The number of aliphatic imine (C=N–C) groups is 1. The van der Waals surface area contributed by atoms with Gasteiger partial charge in [-0.2, -0.15) is 0 Å². The molecule has 2 aromatic rings. The molecule has 4 heteroatoms. The van der Waals surface area contributed by atoms with Crippen LogP contribution in [0.2, 0.25) is 0 Å². The topological polar surface area (TPSA) is 58.9 Å². The van der Waals surface area contributed by atoms with Crippen LogP contribution in [0.4, 0.5) is 0 Å². The fourth-order valence-corrected chi connectivity index (χ4v) is 4.28. The van der Waals surface area contributed by atoms with Crippen molar-refractivity contribution < 1.29 is 14.6 Å². The number of ether oxygens (including phenoxy) is 1. The van der Waals surface area contributed by atoms with Crippen molar-refractivity contribution in [3.8, 4) is 5.75 Å². The predicted molar refractivity (Wildman–Crippen MR) is 106 cm³/mol. The molecule has 2 aliphatic rings. The number of fused-ring (bicyclic) bond motifs is 3. The first-order valence-corrected chi connectivity index (χ1v) is 9.39. The number of hydrogen-bond donors (Lipinski definition) is 1. The Kier molecular flexibility index (Phi) is 3.91. The maximum atomic E-state index is 11.4. The van der Waals surface area contributed by atoms with Gasteiger partial charge in [0.25, 0.3) is 0 Å². The molecule has 0 saturated carbocycles. The van der Waals surface area contributed by atoms with Crippen LogP contribution in [-0.4, -0.2) is 27.9 Å². The molecule has 0 spiro atoms. The predicted octanol–water partition coefficient (Wildman–Crippen LogP) is 4.20. The Morgan fingerprint density at radius 1 is 1.15 bits per heavy atom. The number of nitrogens with zero attached hydrogens (tertiary/aromatic N) is 1. The van der Waals surface area contributed by atoms with E-state index in [1.54, 1.807) is 0 Å². The highest BCUT2D eigenvalue weighted by Crippen LogP contribution is 2.44. The first-order valence-electron chi connectivity index (χ1n) is 9.39. The summed E-state index contributed by atoms with van der Waals surface area (Å²) in [5.74, 6) is -0.0954. The fourth-order valence-electron chi connectivity index (χ4n) is 4.28. The first-order chi connectivity index (χ1) is 12.7. The van der Waals surface area contributed by atoms with E-state index in [-0.39, 0.29) is 17.6 Å². The normalized spacial score (nSPS) is 18.9. The van der Waals surface area contributed by atoms with Gasteiger partial charge in [-0.1, -0.05) is 36.4 Å². The van der Waals surface area contributed by atoms with Crippen molar-refractivity contribution in [1.82, 2.24) is 0 Å². The molecule has 0 atom stereocenters. The van der Waals surface area contributed by atoms with Crippen LogP contribution < -0.4 is 4.74 Å². The van der Waals surface area contributed by atoms with E-state index in [1.807, 2.05) is 24.3 Å². The highest BCUT2D eigenvalue weighted by Gasteiger charge is 2.39. The summed E-state index contributed by atoms with van der Waals surface area (Å²) in [5.41, 5.74) is 5.67. The zero-order chi connectivity index (χ0) is 19.4. The molecular weight excluding hydrogens is 338 g/mol. The zero-order valence-electron chi connectivity index (χ0n) is 16.3. The highest BCUT2D eigenvalue weighted by atomic mass is 16.5. The monoisotopic (exact) mass is 363 g/mol. The number of carboxylic acid groups (broad SMARTS) is 1. The molecule has 2 heterocycles. The third-order valence-electron chi connectivity index (χ3n) is 5.18. The molecular formula is C23H25NO3. The maximum absolute atomic E-state index is 11.4. The molecule has 1 N–H and O–H groups in total. The smallest absolute Gasteiger partial charge is 0.307 e. The molecule has 0 radical (unpaired) electrons. The van der Waals surface area contributed by atoms with Crippen LogP contribution in [0.15, 0.2) is 41.4 Å². The minimum Gasteiger partial charge on any atom is -0.487 e. The lowest BCUT2D eigenvalue weighted by Crippen LogP contribution is -2.30. The average Bonchev–Trinajstić information content (AvgIpc) is 2.89. The average molecular weight is 363 g/mol.